The summed E-state index contributed by atoms with van der Waals surface area (Å²) in [7, 11) is 0. The summed E-state index contributed by atoms with van der Waals surface area (Å²) in [6.45, 7) is 3.85. The summed E-state index contributed by atoms with van der Waals surface area (Å²) < 4.78 is 0. The predicted octanol–water partition coefficient (Wildman–Crippen LogP) is 4.83. The molecule has 0 fully saturated rings. The highest BCUT2D eigenvalue weighted by atomic mass is 16.1. The first-order chi connectivity index (χ1) is 14.0. The van der Waals surface area contributed by atoms with Gasteiger partial charge in [0, 0.05) is 41.2 Å². The normalized spacial score (nSPS) is 10.4. The van der Waals surface area contributed by atoms with Crippen molar-refractivity contribution in [3.63, 3.8) is 0 Å². The van der Waals surface area contributed by atoms with Crippen LogP contribution in [0.25, 0.3) is 0 Å². The second-order valence-corrected chi connectivity index (χ2v) is 6.87. The van der Waals surface area contributed by atoms with Crippen LogP contribution in [0.5, 0.6) is 0 Å². The second kappa shape index (κ2) is 9.59. The molecule has 0 unspecified atom stereocenters. The number of carbonyl (C=O) groups is 2. The summed E-state index contributed by atoms with van der Waals surface area (Å²) >= 11 is 0. The average Bonchev–Trinajstić information content (AvgIpc) is 2.69. The Balaban J connectivity index is 1.46. The number of ketones is 1. The van der Waals surface area contributed by atoms with Crippen molar-refractivity contribution in [2.24, 2.45) is 0 Å². The van der Waals surface area contributed by atoms with Crippen molar-refractivity contribution in [2.75, 3.05) is 10.6 Å². The molecule has 0 aliphatic heterocycles. The third kappa shape index (κ3) is 6.24. The van der Waals surface area contributed by atoms with Gasteiger partial charge in [-0.25, -0.2) is 9.97 Å². The van der Waals surface area contributed by atoms with Gasteiger partial charge in [-0.2, -0.15) is 0 Å². The van der Waals surface area contributed by atoms with Gasteiger partial charge in [0.2, 0.25) is 11.9 Å². The molecule has 0 aliphatic rings. The smallest absolute Gasteiger partial charge is 0.227 e. The molecular formula is C23H24N4O2. The topological polar surface area (TPSA) is 84.0 Å². The van der Waals surface area contributed by atoms with Crippen LogP contribution < -0.4 is 10.6 Å². The fourth-order valence-electron chi connectivity index (χ4n) is 2.95. The van der Waals surface area contributed by atoms with Crippen molar-refractivity contribution in [3.8, 4) is 0 Å². The first kappa shape index (κ1) is 20.2. The van der Waals surface area contributed by atoms with Crippen molar-refractivity contribution in [1.82, 2.24) is 9.97 Å². The number of hydrogen-bond acceptors (Lipinski definition) is 5. The number of amides is 1. The van der Waals surface area contributed by atoms with Crippen LogP contribution in [0.4, 0.5) is 17.3 Å². The molecule has 6 heteroatoms. The Hall–Kier alpha value is -3.54. The van der Waals surface area contributed by atoms with Gasteiger partial charge in [-0.1, -0.05) is 30.3 Å². The van der Waals surface area contributed by atoms with E-state index < -0.39 is 0 Å². The molecule has 1 heterocycles. The lowest BCUT2D eigenvalue weighted by Crippen LogP contribution is -2.12. The SMILES string of the molecule is Cc1cc(C)nc(Nc2ccc(NC(=O)CCCC(=O)c3ccccc3)cc2)n1. The number of Topliss-reactive ketones (excluding diaryl/α,β-unsaturated/α-hetero) is 1. The molecule has 0 bridgehead atoms. The Labute approximate surface area is 170 Å². The first-order valence-corrected chi connectivity index (χ1v) is 9.57. The molecular weight excluding hydrogens is 364 g/mol. The van der Waals surface area contributed by atoms with Crippen LogP contribution in [0, 0.1) is 13.8 Å². The van der Waals surface area contributed by atoms with Crippen molar-refractivity contribution in [3.05, 3.63) is 77.6 Å². The third-order valence-electron chi connectivity index (χ3n) is 4.31. The van der Waals surface area contributed by atoms with E-state index in [2.05, 4.69) is 20.6 Å². The number of aromatic nitrogens is 2. The third-order valence-corrected chi connectivity index (χ3v) is 4.31. The summed E-state index contributed by atoms with van der Waals surface area (Å²) in [5.74, 6) is 0.494. The van der Waals surface area contributed by atoms with Gasteiger partial charge >= 0.3 is 0 Å². The zero-order valence-electron chi connectivity index (χ0n) is 16.6. The monoisotopic (exact) mass is 388 g/mol. The summed E-state index contributed by atoms with van der Waals surface area (Å²) in [5, 5.41) is 6.01. The van der Waals surface area contributed by atoms with E-state index in [-0.39, 0.29) is 11.7 Å². The Bertz CT molecular complexity index is 965. The molecule has 1 aromatic heterocycles. The summed E-state index contributed by atoms with van der Waals surface area (Å²) in [6.07, 6.45) is 1.18. The zero-order chi connectivity index (χ0) is 20.6. The lowest BCUT2D eigenvalue weighted by Gasteiger charge is -2.09. The van der Waals surface area contributed by atoms with Gasteiger partial charge in [-0.15, -0.1) is 0 Å². The zero-order valence-corrected chi connectivity index (χ0v) is 16.6. The summed E-state index contributed by atoms with van der Waals surface area (Å²) in [6, 6.07) is 18.4. The average molecular weight is 388 g/mol. The van der Waals surface area contributed by atoms with E-state index in [4.69, 9.17) is 0 Å². The highest BCUT2D eigenvalue weighted by molar-refractivity contribution is 5.96. The standard InChI is InChI=1S/C23H24N4O2/c1-16-15-17(2)25-23(24-16)27-20-13-11-19(12-14-20)26-22(29)10-6-9-21(28)18-7-4-3-5-8-18/h3-5,7-8,11-15H,6,9-10H2,1-2H3,(H,26,29)(H,24,25,27). The number of anilines is 3. The Morgan fingerprint density at radius 2 is 1.45 bits per heavy atom. The number of hydrogen-bond donors (Lipinski definition) is 2. The molecule has 3 aromatic rings. The molecule has 2 aromatic carbocycles. The molecule has 6 nitrogen and oxygen atoms in total. The fraction of sp³-hybridized carbons (Fsp3) is 0.217. The maximum atomic E-state index is 12.1. The van der Waals surface area contributed by atoms with Crippen LogP contribution in [0.1, 0.15) is 41.0 Å². The molecule has 0 aliphatic carbocycles. The van der Waals surface area contributed by atoms with Gasteiger partial charge in [-0.3, -0.25) is 9.59 Å². The Kier molecular flexibility index (Phi) is 6.68. The lowest BCUT2D eigenvalue weighted by atomic mass is 10.1. The van der Waals surface area contributed by atoms with E-state index in [0.29, 0.717) is 36.5 Å². The number of aryl methyl sites for hydroxylation is 2. The highest BCUT2D eigenvalue weighted by Crippen LogP contribution is 2.18. The molecule has 1 amide bonds. The van der Waals surface area contributed by atoms with Crippen LogP contribution in [0.15, 0.2) is 60.7 Å². The van der Waals surface area contributed by atoms with E-state index in [1.807, 2.05) is 62.4 Å². The highest BCUT2D eigenvalue weighted by Gasteiger charge is 2.08. The predicted molar refractivity (Wildman–Crippen MR) is 114 cm³/mol. The van der Waals surface area contributed by atoms with E-state index >= 15 is 0 Å². The lowest BCUT2D eigenvalue weighted by molar-refractivity contribution is -0.116. The van der Waals surface area contributed by atoms with Crippen LogP contribution in [-0.4, -0.2) is 21.7 Å². The van der Waals surface area contributed by atoms with Gasteiger partial charge < -0.3 is 10.6 Å². The van der Waals surface area contributed by atoms with E-state index in [1.165, 1.54) is 0 Å². The minimum atomic E-state index is -0.107. The minimum Gasteiger partial charge on any atom is -0.326 e. The van der Waals surface area contributed by atoms with Crippen molar-refractivity contribution in [2.45, 2.75) is 33.1 Å². The molecule has 3 rings (SSSR count). The first-order valence-electron chi connectivity index (χ1n) is 9.57. The molecule has 148 valence electrons. The number of nitrogens with zero attached hydrogens (tertiary/aromatic N) is 2. The molecule has 29 heavy (non-hydrogen) atoms. The van der Waals surface area contributed by atoms with E-state index in [1.54, 1.807) is 12.1 Å². The van der Waals surface area contributed by atoms with Crippen LogP contribution in [0.3, 0.4) is 0 Å². The molecule has 0 radical (unpaired) electrons. The molecule has 0 spiro atoms. The molecule has 0 atom stereocenters. The Morgan fingerprint density at radius 1 is 0.828 bits per heavy atom. The maximum absolute atomic E-state index is 12.1. The van der Waals surface area contributed by atoms with E-state index in [9.17, 15) is 9.59 Å². The molecule has 0 saturated carbocycles. The van der Waals surface area contributed by atoms with Crippen molar-refractivity contribution >= 4 is 29.0 Å². The number of carbonyl (C=O) groups excluding carboxylic acids is 2. The van der Waals surface area contributed by atoms with Gasteiger partial charge in [0.15, 0.2) is 5.78 Å². The van der Waals surface area contributed by atoms with Crippen LogP contribution in [0.2, 0.25) is 0 Å². The quantitative estimate of drug-likeness (QED) is 0.540. The molecule has 2 N–H and O–H groups in total. The van der Waals surface area contributed by atoms with Crippen molar-refractivity contribution in [1.29, 1.82) is 0 Å². The Morgan fingerprint density at radius 3 is 2.10 bits per heavy atom. The van der Waals surface area contributed by atoms with Crippen LogP contribution in [-0.2, 0) is 4.79 Å². The van der Waals surface area contributed by atoms with Gasteiger partial charge in [0.25, 0.3) is 0 Å². The minimum absolute atomic E-state index is 0.0578. The fourth-order valence-corrected chi connectivity index (χ4v) is 2.95. The van der Waals surface area contributed by atoms with Crippen LogP contribution >= 0.6 is 0 Å². The molecule has 0 saturated heterocycles. The van der Waals surface area contributed by atoms with Gasteiger partial charge in [-0.05, 0) is 50.6 Å². The summed E-state index contributed by atoms with van der Waals surface area (Å²) in [4.78, 5) is 32.9. The maximum Gasteiger partial charge on any atom is 0.227 e. The van der Waals surface area contributed by atoms with Gasteiger partial charge in [0.1, 0.15) is 0 Å². The number of benzene rings is 2. The largest absolute Gasteiger partial charge is 0.326 e. The summed E-state index contributed by atoms with van der Waals surface area (Å²) in [5.41, 5.74) is 4.02. The second-order valence-electron chi connectivity index (χ2n) is 6.87. The van der Waals surface area contributed by atoms with Gasteiger partial charge in [0.05, 0.1) is 0 Å². The number of rotatable bonds is 8. The van der Waals surface area contributed by atoms with E-state index in [0.717, 1.165) is 17.1 Å². The van der Waals surface area contributed by atoms with Crippen molar-refractivity contribution < 1.29 is 9.59 Å². The number of nitrogens with one attached hydrogen (secondary N) is 2.